The van der Waals surface area contributed by atoms with Gasteiger partial charge >= 0.3 is 6.18 Å². The van der Waals surface area contributed by atoms with E-state index in [2.05, 4.69) is 10.2 Å². The van der Waals surface area contributed by atoms with Gasteiger partial charge in [0.15, 0.2) is 5.82 Å². The van der Waals surface area contributed by atoms with Gasteiger partial charge in [-0.2, -0.15) is 13.2 Å². The summed E-state index contributed by atoms with van der Waals surface area (Å²) in [5.41, 5.74) is 0.356. The van der Waals surface area contributed by atoms with Crippen LogP contribution in [0.25, 0.3) is 11.4 Å². The summed E-state index contributed by atoms with van der Waals surface area (Å²) in [7, 11) is 0. The maximum atomic E-state index is 12.8. The third-order valence-electron chi connectivity index (χ3n) is 3.46. The molecule has 3 aromatic rings. The Balaban J connectivity index is 1.79. The average Bonchev–Trinajstić information content (AvgIpc) is 2.93. The van der Waals surface area contributed by atoms with Crippen LogP contribution in [0.2, 0.25) is 10.0 Å². The summed E-state index contributed by atoms with van der Waals surface area (Å²) in [4.78, 5) is 0. The number of hydrogen-bond donors (Lipinski definition) is 1. The molecule has 0 amide bonds. The number of nitrogens with two attached hydrogens (primary N) is 1. The molecule has 0 aliphatic heterocycles. The highest BCUT2D eigenvalue weighted by Gasteiger charge is 2.30. The predicted octanol–water partition coefficient (Wildman–Crippen LogP) is 5.28. The normalized spacial score (nSPS) is 11.7. The van der Waals surface area contributed by atoms with Crippen LogP contribution in [0.3, 0.4) is 0 Å². The molecule has 26 heavy (non-hydrogen) atoms. The fraction of sp³-hybridized carbons (Fsp3) is 0.125. The molecular formula is C16H11Cl2F3N4S. The highest BCUT2D eigenvalue weighted by molar-refractivity contribution is 7.98. The van der Waals surface area contributed by atoms with Gasteiger partial charge in [0.2, 0.25) is 5.16 Å². The molecular weight excluding hydrogens is 408 g/mol. The van der Waals surface area contributed by atoms with E-state index in [4.69, 9.17) is 29.0 Å². The molecule has 0 unspecified atom stereocenters. The van der Waals surface area contributed by atoms with E-state index >= 15 is 0 Å². The van der Waals surface area contributed by atoms with Crippen molar-refractivity contribution in [1.82, 2.24) is 14.9 Å². The largest absolute Gasteiger partial charge is 0.416 e. The lowest BCUT2D eigenvalue weighted by Crippen LogP contribution is -2.11. The fourth-order valence-corrected chi connectivity index (χ4v) is 3.51. The molecule has 10 heteroatoms. The molecule has 1 heterocycles. The number of aromatic nitrogens is 3. The van der Waals surface area contributed by atoms with Crippen LogP contribution in [-0.2, 0) is 11.9 Å². The maximum Gasteiger partial charge on any atom is 0.416 e. The Labute approximate surface area is 161 Å². The number of nitrogens with zero attached hydrogens (tertiary/aromatic N) is 3. The highest BCUT2D eigenvalue weighted by atomic mass is 35.5. The van der Waals surface area contributed by atoms with Gasteiger partial charge in [-0.1, -0.05) is 53.2 Å². The Kier molecular flexibility index (Phi) is 5.36. The summed E-state index contributed by atoms with van der Waals surface area (Å²) < 4.78 is 39.6. The third kappa shape index (κ3) is 4.08. The van der Waals surface area contributed by atoms with Crippen LogP contribution in [0.5, 0.6) is 0 Å². The minimum Gasteiger partial charge on any atom is -0.335 e. The van der Waals surface area contributed by atoms with Crippen molar-refractivity contribution in [3.8, 4) is 11.4 Å². The molecule has 2 N–H and O–H groups in total. The Bertz CT molecular complexity index is 943. The smallest absolute Gasteiger partial charge is 0.335 e. The van der Waals surface area contributed by atoms with Crippen LogP contribution >= 0.6 is 35.0 Å². The van der Waals surface area contributed by atoms with Crippen LogP contribution in [0.1, 0.15) is 11.1 Å². The second kappa shape index (κ2) is 7.38. The molecule has 0 saturated heterocycles. The minimum atomic E-state index is -4.38. The third-order valence-corrected chi connectivity index (χ3v) is 5.02. The zero-order valence-corrected chi connectivity index (χ0v) is 15.3. The lowest BCUT2D eigenvalue weighted by molar-refractivity contribution is -0.137. The van der Waals surface area contributed by atoms with Gasteiger partial charge in [0.05, 0.1) is 10.6 Å². The standard InChI is InChI=1S/C16H11Cl2F3N4S/c17-11-4-5-12(13(18)7-11)14-23-24-15(25(14)22)26-8-9-2-1-3-10(6-9)16(19,20)21/h1-7H,8,22H2. The van der Waals surface area contributed by atoms with Crippen LogP contribution in [0, 0.1) is 0 Å². The quantitative estimate of drug-likeness (QED) is 0.462. The molecule has 0 aliphatic carbocycles. The Morgan fingerprint density at radius 2 is 1.85 bits per heavy atom. The summed E-state index contributed by atoms with van der Waals surface area (Å²) in [6, 6.07) is 9.97. The van der Waals surface area contributed by atoms with Crippen molar-refractivity contribution in [2.24, 2.45) is 0 Å². The molecule has 0 aliphatic rings. The molecule has 0 fully saturated rings. The van der Waals surface area contributed by atoms with Gasteiger partial charge < -0.3 is 5.84 Å². The highest BCUT2D eigenvalue weighted by Crippen LogP contribution is 2.32. The van der Waals surface area contributed by atoms with Crippen LogP contribution in [0.4, 0.5) is 13.2 Å². The molecule has 0 bridgehead atoms. The Morgan fingerprint density at radius 1 is 1.08 bits per heavy atom. The van der Waals surface area contributed by atoms with Crippen molar-refractivity contribution >= 4 is 35.0 Å². The lowest BCUT2D eigenvalue weighted by atomic mass is 10.1. The van der Waals surface area contributed by atoms with Crippen molar-refractivity contribution in [3.63, 3.8) is 0 Å². The summed E-state index contributed by atoms with van der Waals surface area (Å²) in [5.74, 6) is 6.59. The molecule has 3 rings (SSSR count). The molecule has 136 valence electrons. The average molecular weight is 419 g/mol. The van der Waals surface area contributed by atoms with Crippen molar-refractivity contribution in [1.29, 1.82) is 0 Å². The van der Waals surface area contributed by atoms with Crippen molar-refractivity contribution < 1.29 is 13.2 Å². The van der Waals surface area contributed by atoms with Crippen molar-refractivity contribution in [2.75, 3.05) is 5.84 Å². The number of thioether (sulfide) groups is 1. The van der Waals surface area contributed by atoms with E-state index in [9.17, 15) is 13.2 Å². The van der Waals surface area contributed by atoms with E-state index in [1.807, 2.05) is 0 Å². The van der Waals surface area contributed by atoms with Gasteiger partial charge in [-0.15, -0.1) is 10.2 Å². The predicted molar refractivity (Wildman–Crippen MR) is 96.6 cm³/mol. The minimum absolute atomic E-state index is 0.258. The number of alkyl halides is 3. The van der Waals surface area contributed by atoms with E-state index in [0.717, 1.165) is 12.1 Å². The molecule has 0 atom stereocenters. The zero-order valence-electron chi connectivity index (χ0n) is 13.0. The number of rotatable bonds is 4. The van der Waals surface area contributed by atoms with Crippen LogP contribution in [-0.4, -0.2) is 14.9 Å². The summed E-state index contributed by atoms with van der Waals surface area (Å²) in [6.45, 7) is 0. The van der Waals surface area contributed by atoms with E-state index in [1.54, 1.807) is 24.3 Å². The zero-order chi connectivity index (χ0) is 18.9. The first-order chi connectivity index (χ1) is 12.3. The van der Waals surface area contributed by atoms with Crippen LogP contribution in [0.15, 0.2) is 47.6 Å². The van der Waals surface area contributed by atoms with Gasteiger partial charge in [-0.25, -0.2) is 4.68 Å². The van der Waals surface area contributed by atoms with E-state index in [0.29, 0.717) is 32.2 Å². The van der Waals surface area contributed by atoms with Gasteiger partial charge in [-0.05, 0) is 29.8 Å². The van der Waals surface area contributed by atoms with Crippen molar-refractivity contribution in [3.05, 3.63) is 63.6 Å². The lowest BCUT2D eigenvalue weighted by Gasteiger charge is -2.08. The molecule has 4 nitrogen and oxygen atoms in total. The SMILES string of the molecule is Nn1c(SCc2cccc(C(F)(F)F)c2)nnc1-c1ccc(Cl)cc1Cl. The number of nitrogen functional groups attached to an aromatic ring is 1. The number of benzene rings is 2. The van der Waals surface area contributed by atoms with Gasteiger partial charge in [0, 0.05) is 16.3 Å². The number of halogens is 5. The first-order valence-electron chi connectivity index (χ1n) is 7.20. The second-order valence-corrected chi connectivity index (χ2v) is 7.07. The topological polar surface area (TPSA) is 56.7 Å². The first-order valence-corrected chi connectivity index (χ1v) is 8.94. The summed E-state index contributed by atoms with van der Waals surface area (Å²) >= 11 is 13.2. The summed E-state index contributed by atoms with van der Waals surface area (Å²) in [5, 5.41) is 9.17. The Hall–Kier alpha value is -1.90. The van der Waals surface area contributed by atoms with Crippen LogP contribution < -0.4 is 5.84 Å². The molecule has 1 aromatic heterocycles. The first kappa shape index (κ1) is 18.9. The van der Waals surface area contributed by atoms with E-state index in [1.165, 1.54) is 22.5 Å². The van der Waals surface area contributed by atoms with Gasteiger partial charge in [0.1, 0.15) is 0 Å². The molecule has 2 aromatic carbocycles. The second-order valence-electron chi connectivity index (χ2n) is 5.29. The van der Waals surface area contributed by atoms with Crippen molar-refractivity contribution in [2.45, 2.75) is 17.1 Å². The van der Waals surface area contributed by atoms with Gasteiger partial charge in [-0.3, -0.25) is 0 Å². The molecule has 0 saturated carbocycles. The van der Waals surface area contributed by atoms with Gasteiger partial charge in [0.25, 0.3) is 0 Å². The maximum absolute atomic E-state index is 12.8. The fourth-order valence-electron chi connectivity index (χ4n) is 2.22. The molecule has 0 spiro atoms. The van der Waals surface area contributed by atoms with E-state index in [-0.39, 0.29) is 5.75 Å². The Morgan fingerprint density at radius 3 is 2.54 bits per heavy atom. The monoisotopic (exact) mass is 418 g/mol. The summed E-state index contributed by atoms with van der Waals surface area (Å²) in [6.07, 6.45) is -4.38. The molecule has 0 radical (unpaired) electrons. The number of hydrogen-bond acceptors (Lipinski definition) is 4. The van der Waals surface area contributed by atoms with E-state index < -0.39 is 11.7 Å².